The highest BCUT2D eigenvalue weighted by atomic mass is 19.1. The van der Waals surface area contributed by atoms with Crippen molar-refractivity contribution in [2.75, 3.05) is 0 Å². The zero-order chi connectivity index (χ0) is 13.1. The Morgan fingerprint density at radius 2 is 2.00 bits per heavy atom. The summed E-state index contributed by atoms with van der Waals surface area (Å²) >= 11 is 0. The largest absolute Gasteiger partial charge is 0.303 e. The molecule has 1 aromatic heterocycles. The molecule has 2 rings (SSSR count). The van der Waals surface area contributed by atoms with Crippen LogP contribution in [0.4, 0.5) is 8.78 Å². The molecule has 0 aliphatic heterocycles. The van der Waals surface area contributed by atoms with E-state index in [0.717, 1.165) is 11.6 Å². The number of hydrogen-bond acceptors (Lipinski definition) is 2. The number of aromatic amines is 1. The lowest BCUT2D eigenvalue weighted by Gasteiger charge is -2.19. The molecule has 2 unspecified atom stereocenters. The van der Waals surface area contributed by atoms with Crippen LogP contribution in [-0.2, 0) is 0 Å². The van der Waals surface area contributed by atoms with Crippen molar-refractivity contribution >= 4 is 0 Å². The highest BCUT2D eigenvalue weighted by molar-refractivity contribution is 5.22. The smallest absolute Gasteiger partial charge is 0.130 e. The number of hydrogen-bond donors (Lipinski definition) is 2. The van der Waals surface area contributed by atoms with Crippen LogP contribution in [-0.4, -0.2) is 10.2 Å². The molecule has 0 aliphatic carbocycles. The summed E-state index contributed by atoms with van der Waals surface area (Å²) in [5, 5.41) is 9.83. The van der Waals surface area contributed by atoms with E-state index in [1.54, 1.807) is 12.4 Å². The topological polar surface area (TPSA) is 40.7 Å². The fourth-order valence-electron chi connectivity index (χ4n) is 1.91. The van der Waals surface area contributed by atoms with Crippen LogP contribution >= 0.6 is 0 Å². The van der Waals surface area contributed by atoms with Crippen molar-refractivity contribution in [2.45, 2.75) is 25.9 Å². The molecular weight excluding hydrogens is 236 g/mol. The summed E-state index contributed by atoms with van der Waals surface area (Å²) in [7, 11) is 0. The first-order chi connectivity index (χ1) is 8.58. The third-order valence-electron chi connectivity index (χ3n) is 2.95. The Bertz CT molecular complexity index is 511. The fourth-order valence-corrected chi connectivity index (χ4v) is 1.91. The summed E-state index contributed by atoms with van der Waals surface area (Å²) in [6.07, 6.45) is 3.50. The second kappa shape index (κ2) is 5.27. The summed E-state index contributed by atoms with van der Waals surface area (Å²) < 4.78 is 26.4. The van der Waals surface area contributed by atoms with E-state index < -0.39 is 11.6 Å². The lowest BCUT2D eigenvalue weighted by molar-refractivity contribution is 0.470. The number of halogens is 2. The Balaban J connectivity index is 2.10. The van der Waals surface area contributed by atoms with E-state index >= 15 is 0 Å². The molecule has 1 heterocycles. The van der Waals surface area contributed by atoms with E-state index in [0.29, 0.717) is 5.56 Å². The van der Waals surface area contributed by atoms with Crippen LogP contribution in [0.1, 0.15) is 37.1 Å². The Hall–Kier alpha value is -1.75. The number of nitrogens with zero attached hydrogens (tertiary/aromatic N) is 1. The van der Waals surface area contributed by atoms with E-state index in [1.807, 2.05) is 13.8 Å². The monoisotopic (exact) mass is 251 g/mol. The van der Waals surface area contributed by atoms with Gasteiger partial charge in [-0.2, -0.15) is 5.10 Å². The minimum Gasteiger partial charge on any atom is -0.303 e. The van der Waals surface area contributed by atoms with Crippen molar-refractivity contribution in [3.05, 3.63) is 53.4 Å². The van der Waals surface area contributed by atoms with Crippen molar-refractivity contribution in [3.63, 3.8) is 0 Å². The van der Waals surface area contributed by atoms with Crippen molar-refractivity contribution in [3.8, 4) is 0 Å². The minimum atomic E-state index is -0.564. The van der Waals surface area contributed by atoms with Gasteiger partial charge in [-0.1, -0.05) is 6.07 Å². The van der Waals surface area contributed by atoms with Crippen LogP contribution in [0.15, 0.2) is 30.6 Å². The Kier molecular flexibility index (Phi) is 3.72. The summed E-state index contributed by atoms with van der Waals surface area (Å²) in [5.74, 6) is -1.10. The van der Waals surface area contributed by atoms with Gasteiger partial charge in [0.2, 0.25) is 0 Å². The van der Waals surface area contributed by atoms with Gasteiger partial charge in [0.05, 0.1) is 6.20 Å². The molecule has 0 fully saturated rings. The molecule has 2 N–H and O–H groups in total. The average Bonchev–Trinajstić information content (AvgIpc) is 2.81. The molecule has 18 heavy (non-hydrogen) atoms. The molecule has 2 aromatic rings. The van der Waals surface area contributed by atoms with Crippen LogP contribution in [0.2, 0.25) is 0 Å². The van der Waals surface area contributed by atoms with Gasteiger partial charge in [0, 0.05) is 35.5 Å². The summed E-state index contributed by atoms with van der Waals surface area (Å²) in [5.41, 5.74) is 1.44. The Labute approximate surface area is 104 Å². The zero-order valence-corrected chi connectivity index (χ0v) is 10.2. The van der Waals surface area contributed by atoms with Gasteiger partial charge in [-0.05, 0) is 19.9 Å². The van der Waals surface area contributed by atoms with Gasteiger partial charge < -0.3 is 5.32 Å². The molecule has 0 saturated carbocycles. The number of H-pyrrole nitrogens is 1. The Morgan fingerprint density at radius 1 is 1.22 bits per heavy atom. The molecule has 0 aliphatic rings. The van der Waals surface area contributed by atoms with Crippen LogP contribution in [0.3, 0.4) is 0 Å². The highest BCUT2D eigenvalue weighted by Gasteiger charge is 2.15. The SMILES string of the molecule is CC(NC(C)c1ccc(F)cc1F)c1cn[nH]c1. The van der Waals surface area contributed by atoms with Crippen LogP contribution in [0.5, 0.6) is 0 Å². The van der Waals surface area contributed by atoms with E-state index in [9.17, 15) is 8.78 Å². The average molecular weight is 251 g/mol. The normalized spacial score (nSPS) is 14.4. The fraction of sp³-hybridized carbons (Fsp3) is 0.308. The van der Waals surface area contributed by atoms with E-state index in [2.05, 4.69) is 15.5 Å². The van der Waals surface area contributed by atoms with Gasteiger partial charge in [-0.3, -0.25) is 5.10 Å². The lowest BCUT2D eigenvalue weighted by atomic mass is 10.1. The van der Waals surface area contributed by atoms with E-state index in [4.69, 9.17) is 0 Å². The van der Waals surface area contributed by atoms with Gasteiger partial charge in [-0.25, -0.2) is 8.78 Å². The summed E-state index contributed by atoms with van der Waals surface area (Å²) in [4.78, 5) is 0. The molecule has 0 radical (unpaired) electrons. The van der Waals surface area contributed by atoms with Crippen LogP contribution in [0.25, 0.3) is 0 Å². The second-order valence-corrected chi connectivity index (χ2v) is 4.31. The van der Waals surface area contributed by atoms with E-state index in [1.165, 1.54) is 12.1 Å². The number of nitrogens with one attached hydrogen (secondary N) is 2. The molecule has 0 bridgehead atoms. The summed E-state index contributed by atoms with van der Waals surface area (Å²) in [6, 6.07) is 3.44. The third kappa shape index (κ3) is 2.73. The highest BCUT2D eigenvalue weighted by Crippen LogP contribution is 2.21. The number of rotatable bonds is 4. The molecule has 96 valence electrons. The third-order valence-corrected chi connectivity index (χ3v) is 2.95. The van der Waals surface area contributed by atoms with Crippen LogP contribution in [0, 0.1) is 11.6 Å². The maximum absolute atomic E-state index is 13.6. The molecule has 0 spiro atoms. The van der Waals surface area contributed by atoms with Gasteiger partial charge in [-0.15, -0.1) is 0 Å². The molecule has 0 amide bonds. The maximum atomic E-state index is 13.6. The van der Waals surface area contributed by atoms with Crippen molar-refractivity contribution in [1.82, 2.24) is 15.5 Å². The molecule has 5 heteroatoms. The predicted molar refractivity (Wildman–Crippen MR) is 64.9 cm³/mol. The maximum Gasteiger partial charge on any atom is 0.130 e. The standard InChI is InChI=1S/C13H15F2N3/c1-8(10-6-16-17-7-10)18-9(2)12-4-3-11(14)5-13(12)15/h3-9,18H,1-2H3,(H,16,17). The van der Waals surface area contributed by atoms with Gasteiger partial charge in [0.25, 0.3) is 0 Å². The van der Waals surface area contributed by atoms with Crippen molar-refractivity contribution in [2.24, 2.45) is 0 Å². The number of benzene rings is 1. The van der Waals surface area contributed by atoms with Crippen LogP contribution < -0.4 is 5.32 Å². The molecule has 1 aromatic carbocycles. The zero-order valence-electron chi connectivity index (χ0n) is 10.2. The number of aromatic nitrogens is 2. The lowest BCUT2D eigenvalue weighted by Crippen LogP contribution is -2.23. The molecular formula is C13H15F2N3. The first kappa shape index (κ1) is 12.7. The van der Waals surface area contributed by atoms with Crippen molar-refractivity contribution in [1.29, 1.82) is 0 Å². The molecule has 3 nitrogen and oxygen atoms in total. The van der Waals surface area contributed by atoms with Crippen molar-refractivity contribution < 1.29 is 8.78 Å². The van der Waals surface area contributed by atoms with E-state index in [-0.39, 0.29) is 12.1 Å². The Morgan fingerprint density at radius 3 is 2.61 bits per heavy atom. The first-order valence-electron chi connectivity index (χ1n) is 5.77. The predicted octanol–water partition coefficient (Wildman–Crippen LogP) is 3.10. The first-order valence-corrected chi connectivity index (χ1v) is 5.77. The molecule has 2 atom stereocenters. The van der Waals surface area contributed by atoms with Gasteiger partial charge in [0.15, 0.2) is 0 Å². The summed E-state index contributed by atoms with van der Waals surface area (Å²) in [6.45, 7) is 3.80. The van der Waals surface area contributed by atoms with Gasteiger partial charge in [0.1, 0.15) is 11.6 Å². The quantitative estimate of drug-likeness (QED) is 0.876. The van der Waals surface area contributed by atoms with Gasteiger partial charge >= 0.3 is 0 Å². The second-order valence-electron chi connectivity index (χ2n) is 4.31. The minimum absolute atomic E-state index is 0.0307. The molecule has 0 saturated heterocycles.